The van der Waals surface area contributed by atoms with E-state index in [9.17, 15) is 0 Å². The van der Waals surface area contributed by atoms with E-state index in [4.69, 9.17) is 0 Å². The lowest BCUT2D eigenvalue weighted by atomic mass is 9.95. The molecule has 0 bridgehead atoms. The van der Waals surface area contributed by atoms with Gasteiger partial charge in [0.2, 0.25) is 0 Å². The lowest BCUT2D eigenvalue weighted by molar-refractivity contribution is 0.170. The summed E-state index contributed by atoms with van der Waals surface area (Å²) in [6.07, 6.45) is 4.19. The largest absolute Gasteiger partial charge is 0.310 e. The van der Waals surface area contributed by atoms with E-state index >= 15 is 0 Å². The van der Waals surface area contributed by atoms with Crippen molar-refractivity contribution in [1.29, 1.82) is 0 Å². The maximum absolute atomic E-state index is 3.81. The van der Waals surface area contributed by atoms with Crippen LogP contribution in [0.3, 0.4) is 0 Å². The van der Waals surface area contributed by atoms with Crippen molar-refractivity contribution >= 4 is 11.8 Å². The molecule has 1 aliphatic heterocycles. The van der Waals surface area contributed by atoms with E-state index in [2.05, 4.69) is 42.7 Å². The quantitative estimate of drug-likeness (QED) is 0.814. The molecule has 0 radical (unpaired) electrons. The summed E-state index contributed by atoms with van der Waals surface area (Å²) in [6.45, 7) is 10.8. The molecule has 1 heterocycles. The van der Waals surface area contributed by atoms with Crippen molar-refractivity contribution in [3.63, 3.8) is 0 Å². The number of rotatable bonds is 5. The monoisotopic (exact) mass is 256 g/mol. The highest BCUT2D eigenvalue weighted by atomic mass is 32.2. The summed E-state index contributed by atoms with van der Waals surface area (Å²) in [5, 5.41) is 3.81. The fourth-order valence-corrected chi connectivity index (χ4v) is 3.76. The number of nitrogens with zero attached hydrogens (tertiary/aromatic N) is 1. The molecule has 1 saturated carbocycles. The summed E-state index contributed by atoms with van der Waals surface area (Å²) >= 11 is 2.08. The van der Waals surface area contributed by atoms with Gasteiger partial charge in [0.05, 0.1) is 0 Å². The Kier molecular flexibility index (Phi) is 4.79. The molecule has 2 rings (SSSR count). The number of hydrogen-bond acceptors (Lipinski definition) is 3. The third kappa shape index (κ3) is 3.62. The first-order chi connectivity index (χ1) is 8.15. The van der Waals surface area contributed by atoms with Crippen LogP contribution in [-0.2, 0) is 0 Å². The lowest BCUT2D eigenvalue weighted by Crippen LogP contribution is -2.52. The molecule has 0 aromatic carbocycles. The molecule has 2 nitrogen and oxygen atoms in total. The molecule has 1 aliphatic carbocycles. The first-order valence-corrected chi connectivity index (χ1v) is 8.38. The third-order valence-electron chi connectivity index (χ3n) is 4.35. The van der Waals surface area contributed by atoms with Gasteiger partial charge in [-0.15, -0.1) is 0 Å². The molecule has 2 aliphatic rings. The molecule has 100 valence electrons. The van der Waals surface area contributed by atoms with Crippen LogP contribution in [0.4, 0.5) is 0 Å². The van der Waals surface area contributed by atoms with Crippen molar-refractivity contribution in [2.24, 2.45) is 5.92 Å². The van der Waals surface area contributed by atoms with Crippen LogP contribution in [0, 0.1) is 5.92 Å². The van der Waals surface area contributed by atoms with E-state index in [0.717, 1.165) is 12.0 Å². The van der Waals surface area contributed by atoms with Gasteiger partial charge in [-0.1, -0.05) is 6.92 Å². The van der Waals surface area contributed by atoms with Crippen LogP contribution in [0.2, 0.25) is 0 Å². The standard InChI is InChI=1S/C14H28N2S/c1-4-17-10-12(2)16-9-5-8-15-14(3,11-16)13-6-7-13/h12-13,15H,4-11H2,1-3H3. The van der Waals surface area contributed by atoms with Crippen LogP contribution in [0.1, 0.15) is 40.0 Å². The van der Waals surface area contributed by atoms with Crippen molar-refractivity contribution in [2.45, 2.75) is 51.6 Å². The highest BCUT2D eigenvalue weighted by molar-refractivity contribution is 7.99. The Labute approximate surface area is 111 Å². The van der Waals surface area contributed by atoms with Crippen LogP contribution < -0.4 is 5.32 Å². The van der Waals surface area contributed by atoms with Gasteiger partial charge in [-0.25, -0.2) is 0 Å². The van der Waals surface area contributed by atoms with E-state index in [1.165, 1.54) is 50.4 Å². The van der Waals surface area contributed by atoms with Crippen LogP contribution >= 0.6 is 11.8 Å². The summed E-state index contributed by atoms with van der Waals surface area (Å²) in [5.74, 6) is 3.47. The molecule has 0 spiro atoms. The van der Waals surface area contributed by atoms with Gasteiger partial charge in [-0.3, -0.25) is 4.90 Å². The zero-order valence-corrected chi connectivity index (χ0v) is 12.5. The van der Waals surface area contributed by atoms with Crippen LogP contribution in [0.25, 0.3) is 0 Å². The zero-order chi connectivity index (χ0) is 12.3. The zero-order valence-electron chi connectivity index (χ0n) is 11.7. The minimum atomic E-state index is 0.391. The number of thioether (sulfide) groups is 1. The maximum atomic E-state index is 3.81. The fourth-order valence-electron chi connectivity index (χ4n) is 2.98. The van der Waals surface area contributed by atoms with Crippen LogP contribution in [0.5, 0.6) is 0 Å². The molecule has 3 heteroatoms. The summed E-state index contributed by atoms with van der Waals surface area (Å²) in [5.41, 5.74) is 0.391. The SMILES string of the molecule is CCSCC(C)N1CCCNC(C)(C2CC2)C1. The van der Waals surface area contributed by atoms with Crippen LogP contribution in [-0.4, -0.2) is 47.6 Å². The van der Waals surface area contributed by atoms with Gasteiger partial charge < -0.3 is 5.32 Å². The summed E-state index contributed by atoms with van der Waals surface area (Å²) < 4.78 is 0. The van der Waals surface area contributed by atoms with Crippen molar-refractivity contribution < 1.29 is 0 Å². The Balaban J connectivity index is 1.91. The predicted molar refractivity (Wildman–Crippen MR) is 77.8 cm³/mol. The summed E-state index contributed by atoms with van der Waals surface area (Å²) in [4.78, 5) is 2.72. The van der Waals surface area contributed by atoms with Gasteiger partial charge >= 0.3 is 0 Å². The predicted octanol–water partition coefficient (Wildman–Crippen LogP) is 2.59. The van der Waals surface area contributed by atoms with Gasteiger partial charge in [-0.05, 0) is 57.9 Å². The second-order valence-corrected chi connectivity index (χ2v) is 7.27. The first-order valence-electron chi connectivity index (χ1n) is 7.22. The second kappa shape index (κ2) is 5.94. The van der Waals surface area contributed by atoms with E-state index < -0.39 is 0 Å². The molecule has 2 unspecified atom stereocenters. The third-order valence-corrected chi connectivity index (χ3v) is 5.47. The molecule has 1 saturated heterocycles. The fraction of sp³-hybridized carbons (Fsp3) is 1.00. The summed E-state index contributed by atoms with van der Waals surface area (Å²) in [7, 11) is 0. The molecule has 2 fully saturated rings. The number of nitrogens with one attached hydrogen (secondary N) is 1. The Morgan fingerprint density at radius 2 is 2.24 bits per heavy atom. The molecule has 17 heavy (non-hydrogen) atoms. The van der Waals surface area contributed by atoms with Gasteiger partial charge in [-0.2, -0.15) is 11.8 Å². The molecular formula is C14H28N2S. The molecule has 0 aromatic heterocycles. The van der Waals surface area contributed by atoms with Crippen molar-refractivity contribution in [1.82, 2.24) is 10.2 Å². The average Bonchev–Trinajstić information content (AvgIpc) is 3.12. The first kappa shape index (κ1) is 13.7. The normalized spacial score (nSPS) is 33.4. The number of hydrogen-bond donors (Lipinski definition) is 1. The van der Waals surface area contributed by atoms with Crippen molar-refractivity contribution in [2.75, 3.05) is 31.1 Å². The Bertz CT molecular complexity index is 242. The highest BCUT2D eigenvalue weighted by Gasteiger charge is 2.43. The van der Waals surface area contributed by atoms with Gasteiger partial charge in [0, 0.05) is 23.9 Å². The highest BCUT2D eigenvalue weighted by Crippen LogP contribution is 2.40. The Hall–Kier alpha value is 0.270. The molecule has 1 N–H and O–H groups in total. The molecule has 2 atom stereocenters. The lowest BCUT2D eigenvalue weighted by Gasteiger charge is -2.36. The molecule has 0 aromatic rings. The topological polar surface area (TPSA) is 15.3 Å². The molecule has 0 amide bonds. The van der Waals surface area contributed by atoms with Crippen LogP contribution in [0.15, 0.2) is 0 Å². The van der Waals surface area contributed by atoms with E-state index in [1.807, 2.05) is 0 Å². The van der Waals surface area contributed by atoms with Crippen molar-refractivity contribution in [3.05, 3.63) is 0 Å². The maximum Gasteiger partial charge on any atom is 0.0308 e. The van der Waals surface area contributed by atoms with E-state index in [0.29, 0.717) is 5.54 Å². The summed E-state index contributed by atoms with van der Waals surface area (Å²) in [6, 6.07) is 0.734. The van der Waals surface area contributed by atoms with Crippen molar-refractivity contribution in [3.8, 4) is 0 Å². The molecular weight excluding hydrogens is 228 g/mol. The van der Waals surface area contributed by atoms with Gasteiger partial charge in [0.1, 0.15) is 0 Å². The minimum Gasteiger partial charge on any atom is -0.310 e. The van der Waals surface area contributed by atoms with Gasteiger partial charge in [0.15, 0.2) is 0 Å². The average molecular weight is 256 g/mol. The van der Waals surface area contributed by atoms with E-state index in [-0.39, 0.29) is 0 Å². The smallest absolute Gasteiger partial charge is 0.0308 e. The Morgan fingerprint density at radius 3 is 2.88 bits per heavy atom. The minimum absolute atomic E-state index is 0.391. The van der Waals surface area contributed by atoms with Gasteiger partial charge in [0.25, 0.3) is 0 Å². The van der Waals surface area contributed by atoms with E-state index in [1.54, 1.807) is 0 Å². The Morgan fingerprint density at radius 1 is 1.47 bits per heavy atom. The second-order valence-electron chi connectivity index (χ2n) is 5.95.